The van der Waals surface area contributed by atoms with Crippen LogP contribution in [-0.4, -0.2) is 45.8 Å². The Bertz CT molecular complexity index is 1120. The van der Waals surface area contributed by atoms with Crippen LogP contribution < -0.4 is 15.4 Å². The molecule has 0 saturated heterocycles. The van der Waals surface area contributed by atoms with E-state index in [0.29, 0.717) is 11.0 Å². The average Bonchev–Trinajstić information content (AvgIpc) is 3.26. The molecule has 2 N–H and O–H groups in total. The van der Waals surface area contributed by atoms with E-state index >= 15 is 0 Å². The highest BCUT2D eigenvalue weighted by Gasteiger charge is 2.32. The number of carbonyl (C=O) groups excluding carboxylic acids is 1. The van der Waals surface area contributed by atoms with Gasteiger partial charge in [-0.3, -0.25) is 10.1 Å². The first kappa shape index (κ1) is 24.8. The van der Waals surface area contributed by atoms with E-state index in [-0.39, 0.29) is 16.7 Å². The van der Waals surface area contributed by atoms with Gasteiger partial charge in [0.25, 0.3) is 5.91 Å². The van der Waals surface area contributed by atoms with Crippen molar-refractivity contribution in [3.63, 3.8) is 0 Å². The Morgan fingerprint density at radius 1 is 1.09 bits per heavy atom. The molecule has 2 heterocycles. The number of alkyl halides is 3. The number of nitrogens with zero attached hydrogens (tertiary/aromatic N) is 4. The maximum absolute atomic E-state index is 12.7. The van der Waals surface area contributed by atoms with Crippen LogP contribution in [0.3, 0.4) is 0 Å². The van der Waals surface area contributed by atoms with E-state index in [1.165, 1.54) is 30.6 Å². The third-order valence-electron chi connectivity index (χ3n) is 5.59. The largest absolute Gasteiger partial charge is 0.573 e. The van der Waals surface area contributed by atoms with Gasteiger partial charge in [0, 0.05) is 25.3 Å². The number of hydrogen-bond acceptors (Lipinski definition) is 9. The molecule has 1 aliphatic rings. The number of carbonyl (C=O) groups is 1. The summed E-state index contributed by atoms with van der Waals surface area (Å²) in [5.41, 5.74) is 1.21. The number of rotatable bonds is 8. The Kier molecular flexibility index (Phi) is 7.76. The number of halogens is 3. The van der Waals surface area contributed by atoms with Crippen LogP contribution in [-0.2, 0) is 9.53 Å². The van der Waals surface area contributed by atoms with Crippen LogP contribution in [0.1, 0.15) is 49.0 Å². The maximum atomic E-state index is 12.7. The molecule has 1 unspecified atom stereocenters. The van der Waals surface area contributed by atoms with E-state index in [1.54, 1.807) is 6.20 Å². The van der Waals surface area contributed by atoms with Gasteiger partial charge in [0.1, 0.15) is 5.75 Å². The lowest BCUT2D eigenvalue weighted by Crippen LogP contribution is -2.25. The van der Waals surface area contributed by atoms with Crippen molar-refractivity contribution in [1.29, 1.82) is 0 Å². The van der Waals surface area contributed by atoms with Gasteiger partial charge >= 0.3 is 6.36 Å². The van der Waals surface area contributed by atoms with Crippen molar-refractivity contribution in [2.24, 2.45) is 0 Å². The van der Waals surface area contributed by atoms with Crippen LogP contribution in [0.25, 0.3) is 0 Å². The number of aromatic nitrogens is 4. The number of anilines is 2. The summed E-state index contributed by atoms with van der Waals surface area (Å²) in [5, 5.41) is 23.0. The number of amides is 1. The summed E-state index contributed by atoms with van der Waals surface area (Å²) < 4.78 is 46.7. The molecule has 0 radical (unpaired) electrons. The molecule has 3 aromatic rings. The second-order valence-electron chi connectivity index (χ2n) is 7.98. The molecule has 13 heteroatoms. The Morgan fingerprint density at radius 3 is 2.54 bits per heavy atom. The highest BCUT2D eigenvalue weighted by atomic mass is 32.1. The smallest absolute Gasteiger partial charge is 0.406 e. The number of benzene rings is 1. The predicted octanol–water partition coefficient (Wildman–Crippen LogP) is 4.69. The van der Waals surface area contributed by atoms with Crippen LogP contribution in [0.4, 0.5) is 23.4 Å². The SMILES string of the molecule is COC(C(=O)Nc1nnc(N[C@H]2CC[C@@H](c3cccnn3)CC2)s1)c1cccc(OC(F)(F)F)c1. The zero-order valence-corrected chi connectivity index (χ0v) is 19.5. The quantitative estimate of drug-likeness (QED) is 0.451. The second kappa shape index (κ2) is 11.0. The molecule has 0 spiro atoms. The lowest BCUT2D eigenvalue weighted by atomic mass is 9.84. The summed E-state index contributed by atoms with van der Waals surface area (Å²) in [6.07, 6.45) is -0.514. The lowest BCUT2D eigenvalue weighted by Gasteiger charge is -2.28. The van der Waals surface area contributed by atoms with Crippen molar-refractivity contribution in [3.8, 4) is 5.75 Å². The van der Waals surface area contributed by atoms with E-state index in [9.17, 15) is 18.0 Å². The summed E-state index contributed by atoms with van der Waals surface area (Å²) in [6.45, 7) is 0. The fourth-order valence-corrected chi connectivity index (χ4v) is 4.74. The minimum atomic E-state index is -4.84. The predicted molar refractivity (Wildman–Crippen MR) is 122 cm³/mol. The van der Waals surface area contributed by atoms with Crippen molar-refractivity contribution < 1.29 is 27.4 Å². The number of ether oxygens (including phenoxy) is 2. The maximum Gasteiger partial charge on any atom is 0.573 e. The van der Waals surface area contributed by atoms with Crippen molar-refractivity contribution in [2.45, 2.75) is 50.1 Å². The van der Waals surface area contributed by atoms with Gasteiger partial charge in [-0.25, -0.2) is 0 Å². The molecular formula is C22H23F3N6O3S. The van der Waals surface area contributed by atoms with Crippen LogP contribution in [0, 0.1) is 0 Å². The van der Waals surface area contributed by atoms with Gasteiger partial charge in [-0.15, -0.1) is 23.4 Å². The summed E-state index contributed by atoms with van der Waals surface area (Å²) >= 11 is 1.17. The molecule has 2 aromatic heterocycles. The summed E-state index contributed by atoms with van der Waals surface area (Å²) in [7, 11) is 1.28. The first-order valence-corrected chi connectivity index (χ1v) is 11.7. The van der Waals surface area contributed by atoms with Crippen molar-refractivity contribution >= 4 is 27.5 Å². The minimum Gasteiger partial charge on any atom is -0.406 e. The minimum absolute atomic E-state index is 0.203. The van der Waals surface area contributed by atoms with Crippen molar-refractivity contribution in [1.82, 2.24) is 20.4 Å². The number of nitrogens with one attached hydrogen (secondary N) is 2. The van der Waals surface area contributed by atoms with Crippen LogP contribution in [0.5, 0.6) is 5.75 Å². The molecule has 186 valence electrons. The standard InChI is InChI=1S/C22H23F3N6O3S/c1-33-18(14-4-2-5-16(12-14)34-22(23,24)25)19(32)28-21-31-30-20(35-21)27-15-9-7-13(8-10-15)17-6-3-11-26-29-17/h2-6,11-13,15,18H,7-10H2,1H3,(H,27,30)(H,28,31,32)/t13-,15+,18?. The summed E-state index contributed by atoms with van der Waals surface area (Å²) in [5.74, 6) is -0.651. The fraction of sp³-hybridized carbons (Fsp3) is 0.409. The van der Waals surface area contributed by atoms with Crippen LogP contribution in [0.15, 0.2) is 42.6 Å². The van der Waals surface area contributed by atoms with E-state index in [0.717, 1.165) is 43.5 Å². The van der Waals surface area contributed by atoms with Gasteiger partial charge in [-0.2, -0.15) is 10.2 Å². The van der Waals surface area contributed by atoms with E-state index in [2.05, 4.69) is 35.8 Å². The molecular weight excluding hydrogens is 485 g/mol. The third-order valence-corrected chi connectivity index (χ3v) is 6.36. The van der Waals surface area contributed by atoms with Crippen molar-refractivity contribution in [3.05, 3.63) is 53.9 Å². The summed E-state index contributed by atoms with van der Waals surface area (Å²) in [4.78, 5) is 12.7. The molecule has 4 rings (SSSR count). The van der Waals surface area contributed by atoms with E-state index in [1.807, 2.05) is 12.1 Å². The highest BCUT2D eigenvalue weighted by Crippen LogP contribution is 2.34. The molecule has 9 nitrogen and oxygen atoms in total. The first-order valence-electron chi connectivity index (χ1n) is 10.9. The molecule has 1 fully saturated rings. The van der Waals surface area contributed by atoms with Gasteiger partial charge in [0.2, 0.25) is 10.3 Å². The monoisotopic (exact) mass is 508 g/mol. The lowest BCUT2D eigenvalue weighted by molar-refractivity contribution is -0.274. The van der Waals surface area contributed by atoms with Crippen LogP contribution >= 0.6 is 11.3 Å². The Morgan fingerprint density at radius 2 is 1.86 bits per heavy atom. The zero-order chi connectivity index (χ0) is 24.8. The molecule has 0 bridgehead atoms. The van der Waals surface area contributed by atoms with Gasteiger partial charge in [0.15, 0.2) is 6.10 Å². The Hall–Kier alpha value is -3.32. The van der Waals surface area contributed by atoms with Gasteiger partial charge in [-0.1, -0.05) is 23.5 Å². The first-order chi connectivity index (χ1) is 16.8. The highest BCUT2D eigenvalue weighted by molar-refractivity contribution is 7.19. The van der Waals surface area contributed by atoms with Gasteiger partial charge in [0.05, 0.1) is 5.69 Å². The van der Waals surface area contributed by atoms with Gasteiger partial charge < -0.3 is 14.8 Å². The Balaban J connectivity index is 1.32. The average molecular weight is 509 g/mol. The molecule has 1 aliphatic carbocycles. The second-order valence-corrected chi connectivity index (χ2v) is 8.96. The number of hydrogen-bond donors (Lipinski definition) is 2. The third kappa shape index (κ3) is 6.85. The zero-order valence-electron chi connectivity index (χ0n) is 18.7. The van der Waals surface area contributed by atoms with Crippen molar-refractivity contribution in [2.75, 3.05) is 17.7 Å². The Labute approximate surface area is 203 Å². The molecule has 0 aliphatic heterocycles. The fourth-order valence-electron chi connectivity index (χ4n) is 4.01. The molecule has 1 saturated carbocycles. The molecule has 35 heavy (non-hydrogen) atoms. The topological polar surface area (TPSA) is 111 Å². The van der Waals surface area contributed by atoms with E-state index < -0.39 is 24.1 Å². The summed E-state index contributed by atoms with van der Waals surface area (Å²) in [6, 6.07) is 9.19. The normalized spacial score (nSPS) is 19.1. The molecule has 1 aromatic carbocycles. The van der Waals surface area contributed by atoms with E-state index in [4.69, 9.17) is 4.74 Å². The molecule has 1 amide bonds. The van der Waals surface area contributed by atoms with Crippen LogP contribution in [0.2, 0.25) is 0 Å². The number of methoxy groups -OCH3 is 1. The van der Waals surface area contributed by atoms with Gasteiger partial charge in [-0.05, 0) is 55.5 Å². The molecule has 1 atom stereocenters.